The molecule has 0 aliphatic heterocycles. The molecule has 2 rings (SSSR count). The molecule has 2 nitrogen and oxygen atoms in total. The quantitative estimate of drug-likeness (QED) is 0.604. The van der Waals surface area contributed by atoms with E-state index >= 15 is 0 Å². The molecule has 1 heterocycles. The summed E-state index contributed by atoms with van der Waals surface area (Å²) in [5, 5.41) is 9.88. The first-order valence-corrected chi connectivity index (χ1v) is 3.88. The number of nitrogens with one attached hydrogen (secondary N) is 1. The van der Waals surface area contributed by atoms with Gasteiger partial charge in [-0.05, 0) is 11.5 Å². The van der Waals surface area contributed by atoms with Gasteiger partial charge in [0, 0.05) is 18.6 Å². The Labute approximate surface area is 70.6 Å². The molecular weight excluding hydrogens is 148 g/mol. The summed E-state index contributed by atoms with van der Waals surface area (Å²) in [6.45, 7) is 0. The second kappa shape index (κ2) is 2.48. The van der Waals surface area contributed by atoms with Crippen molar-refractivity contribution < 1.29 is 0 Å². The monoisotopic (exact) mass is 158 g/mol. The summed E-state index contributed by atoms with van der Waals surface area (Å²) in [7, 11) is 1.88. The Bertz CT molecular complexity index is 468. The van der Waals surface area contributed by atoms with Gasteiger partial charge in [0.1, 0.15) is 5.49 Å². The van der Waals surface area contributed by atoms with Crippen LogP contribution in [0.15, 0.2) is 36.5 Å². The predicted molar refractivity (Wildman–Crippen MR) is 48.8 cm³/mol. The summed E-state index contributed by atoms with van der Waals surface area (Å²) >= 11 is 0. The van der Waals surface area contributed by atoms with Gasteiger partial charge in [0.2, 0.25) is 0 Å². The Morgan fingerprint density at radius 2 is 1.92 bits per heavy atom. The van der Waals surface area contributed by atoms with Crippen LogP contribution in [0.2, 0.25) is 0 Å². The molecule has 0 aliphatic carbocycles. The van der Waals surface area contributed by atoms with Gasteiger partial charge >= 0.3 is 0 Å². The first-order valence-electron chi connectivity index (χ1n) is 3.88. The highest BCUT2D eigenvalue weighted by Crippen LogP contribution is 2.06. The van der Waals surface area contributed by atoms with Crippen LogP contribution in [0, 0.1) is 5.41 Å². The van der Waals surface area contributed by atoms with Crippen molar-refractivity contribution in [1.29, 1.82) is 5.41 Å². The maximum Gasteiger partial charge on any atom is 0.132 e. The minimum Gasteiger partial charge on any atom is -0.336 e. The van der Waals surface area contributed by atoms with E-state index in [2.05, 4.69) is 0 Å². The maximum absolute atomic E-state index is 7.75. The van der Waals surface area contributed by atoms with Crippen LogP contribution in [0.4, 0.5) is 0 Å². The second-order valence-corrected chi connectivity index (χ2v) is 2.86. The number of rotatable bonds is 0. The third-order valence-electron chi connectivity index (χ3n) is 2.05. The third kappa shape index (κ3) is 0.925. The van der Waals surface area contributed by atoms with Crippen molar-refractivity contribution in [3.05, 3.63) is 42.0 Å². The van der Waals surface area contributed by atoms with Gasteiger partial charge in [-0.2, -0.15) is 0 Å². The first-order chi connectivity index (χ1) is 5.79. The van der Waals surface area contributed by atoms with E-state index in [1.165, 1.54) is 0 Å². The minimum absolute atomic E-state index is 0.563. The van der Waals surface area contributed by atoms with E-state index < -0.39 is 0 Å². The molecule has 0 aliphatic rings. The SMILES string of the molecule is Cn1ccc2ccccc2c1=N. The van der Waals surface area contributed by atoms with E-state index in [4.69, 9.17) is 5.41 Å². The van der Waals surface area contributed by atoms with Crippen molar-refractivity contribution >= 4 is 10.8 Å². The number of hydrogen-bond donors (Lipinski definition) is 1. The van der Waals surface area contributed by atoms with E-state index in [0.29, 0.717) is 5.49 Å². The summed E-state index contributed by atoms with van der Waals surface area (Å²) in [5.41, 5.74) is 0.563. The van der Waals surface area contributed by atoms with Crippen LogP contribution in [0.25, 0.3) is 10.8 Å². The number of benzene rings is 1. The highest BCUT2D eigenvalue weighted by molar-refractivity contribution is 5.80. The van der Waals surface area contributed by atoms with Crippen molar-refractivity contribution in [2.75, 3.05) is 0 Å². The molecule has 0 unspecified atom stereocenters. The Morgan fingerprint density at radius 1 is 1.17 bits per heavy atom. The van der Waals surface area contributed by atoms with E-state index in [1.807, 2.05) is 48.1 Å². The molecule has 2 heteroatoms. The lowest BCUT2D eigenvalue weighted by molar-refractivity contribution is 0.831. The molecular formula is C10H10N2. The van der Waals surface area contributed by atoms with Gasteiger partial charge in [0.25, 0.3) is 0 Å². The second-order valence-electron chi connectivity index (χ2n) is 2.86. The number of fused-ring (bicyclic) bond motifs is 1. The fraction of sp³-hybridized carbons (Fsp3) is 0.100. The van der Waals surface area contributed by atoms with Crippen molar-refractivity contribution in [1.82, 2.24) is 4.57 Å². The van der Waals surface area contributed by atoms with Crippen LogP contribution in [-0.4, -0.2) is 4.57 Å². The number of hydrogen-bond acceptors (Lipinski definition) is 1. The Kier molecular flexibility index (Phi) is 1.47. The summed E-state index contributed by atoms with van der Waals surface area (Å²) in [5.74, 6) is 0. The molecule has 0 saturated heterocycles. The van der Waals surface area contributed by atoms with E-state index in [-0.39, 0.29) is 0 Å². The number of aromatic nitrogens is 1. The highest BCUT2D eigenvalue weighted by atomic mass is 14.9. The highest BCUT2D eigenvalue weighted by Gasteiger charge is 1.93. The fourth-order valence-corrected chi connectivity index (χ4v) is 1.31. The lowest BCUT2D eigenvalue weighted by atomic mass is 10.2. The van der Waals surface area contributed by atoms with E-state index in [0.717, 1.165) is 10.8 Å². The molecule has 0 radical (unpaired) electrons. The van der Waals surface area contributed by atoms with Crippen molar-refractivity contribution in [2.45, 2.75) is 0 Å². The normalized spacial score (nSPS) is 10.4. The summed E-state index contributed by atoms with van der Waals surface area (Å²) in [6.07, 6.45) is 1.91. The van der Waals surface area contributed by atoms with Gasteiger partial charge in [0.15, 0.2) is 0 Å². The lowest BCUT2D eigenvalue weighted by Crippen LogP contribution is -2.15. The average Bonchev–Trinajstić information content (AvgIpc) is 2.12. The molecule has 1 aromatic carbocycles. The van der Waals surface area contributed by atoms with Crippen LogP contribution in [0.3, 0.4) is 0 Å². The molecule has 1 aromatic heterocycles. The van der Waals surface area contributed by atoms with Gasteiger partial charge in [0.05, 0.1) is 0 Å². The molecule has 0 bridgehead atoms. The molecule has 1 N–H and O–H groups in total. The van der Waals surface area contributed by atoms with Crippen LogP contribution in [0.1, 0.15) is 0 Å². The van der Waals surface area contributed by atoms with Gasteiger partial charge in [-0.1, -0.05) is 24.3 Å². The number of nitrogens with zero attached hydrogens (tertiary/aromatic N) is 1. The molecule has 2 aromatic rings. The van der Waals surface area contributed by atoms with Crippen LogP contribution in [0.5, 0.6) is 0 Å². The summed E-state index contributed by atoms with van der Waals surface area (Å²) < 4.78 is 1.81. The lowest BCUT2D eigenvalue weighted by Gasteiger charge is -2.01. The average molecular weight is 158 g/mol. The zero-order valence-corrected chi connectivity index (χ0v) is 6.91. The van der Waals surface area contributed by atoms with Crippen molar-refractivity contribution in [3.8, 4) is 0 Å². The van der Waals surface area contributed by atoms with Crippen molar-refractivity contribution in [3.63, 3.8) is 0 Å². The zero-order chi connectivity index (χ0) is 8.55. The molecule has 0 saturated carbocycles. The maximum atomic E-state index is 7.75. The van der Waals surface area contributed by atoms with E-state index in [1.54, 1.807) is 0 Å². The summed E-state index contributed by atoms with van der Waals surface area (Å²) in [4.78, 5) is 0. The number of pyridine rings is 1. The van der Waals surface area contributed by atoms with Crippen LogP contribution in [-0.2, 0) is 7.05 Å². The van der Waals surface area contributed by atoms with Crippen LogP contribution >= 0.6 is 0 Å². The molecule has 0 atom stereocenters. The van der Waals surface area contributed by atoms with E-state index in [9.17, 15) is 0 Å². The largest absolute Gasteiger partial charge is 0.336 e. The molecule has 0 amide bonds. The van der Waals surface area contributed by atoms with Gasteiger partial charge in [-0.15, -0.1) is 0 Å². The zero-order valence-electron chi connectivity index (χ0n) is 6.91. The molecule has 0 fully saturated rings. The Balaban J connectivity index is 3.01. The Morgan fingerprint density at radius 3 is 2.75 bits per heavy atom. The van der Waals surface area contributed by atoms with Gasteiger partial charge < -0.3 is 4.57 Å². The van der Waals surface area contributed by atoms with Crippen molar-refractivity contribution in [2.24, 2.45) is 7.05 Å². The predicted octanol–water partition coefficient (Wildman–Crippen LogP) is 1.66. The first kappa shape index (κ1) is 7.10. The molecule has 0 spiro atoms. The molecule has 12 heavy (non-hydrogen) atoms. The standard InChI is InChI=1S/C10H10N2/c1-12-7-6-8-4-2-3-5-9(8)10(12)11/h2-7,11H,1H3. The Hall–Kier alpha value is -1.57. The minimum atomic E-state index is 0.563. The smallest absolute Gasteiger partial charge is 0.132 e. The third-order valence-corrected chi connectivity index (χ3v) is 2.05. The summed E-state index contributed by atoms with van der Waals surface area (Å²) in [6, 6.07) is 9.96. The number of aryl methyl sites for hydroxylation is 1. The van der Waals surface area contributed by atoms with Gasteiger partial charge in [-0.25, -0.2) is 0 Å². The van der Waals surface area contributed by atoms with Gasteiger partial charge in [-0.3, -0.25) is 5.41 Å². The fourth-order valence-electron chi connectivity index (χ4n) is 1.31. The van der Waals surface area contributed by atoms with Crippen LogP contribution < -0.4 is 5.49 Å². The topological polar surface area (TPSA) is 28.8 Å². The molecule has 60 valence electrons.